The van der Waals surface area contributed by atoms with Gasteiger partial charge in [0.25, 0.3) is 0 Å². The van der Waals surface area contributed by atoms with Crippen LogP contribution in [-0.4, -0.2) is 58.2 Å². The van der Waals surface area contributed by atoms with Crippen molar-refractivity contribution in [3.8, 4) is 100 Å². The Labute approximate surface area is 759 Å². The second kappa shape index (κ2) is 37.5. The van der Waals surface area contributed by atoms with E-state index in [9.17, 15) is 0 Å². The van der Waals surface area contributed by atoms with E-state index in [1.54, 1.807) is 22.7 Å². The molecule has 0 bridgehead atoms. The Hall–Kier alpha value is -14.9. The highest BCUT2D eigenvalue weighted by atomic mass is 35.5. The highest BCUT2D eigenvalue weighted by Gasteiger charge is 2.52. The second-order valence-corrected chi connectivity index (χ2v) is 34.5. The summed E-state index contributed by atoms with van der Waals surface area (Å²) in [4.78, 5) is 38.2. The monoisotopic (exact) mass is 1710 g/mol. The summed E-state index contributed by atoms with van der Waals surface area (Å²) in [5.74, 6) is 3.00. The molecule has 5 heterocycles. The summed E-state index contributed by atoms with van der Waals surface area (Å²) in [7, 11) is -0.501. The normalized spacial score (nSPS) is 12.5. The Balaban J connectivity index is 0.000000139. The predicted octanol–water partition coefficient (Wildman–Crippen LogP) is 28.6. The van der Waals surface area contributed by atoms with Crippen LogP contribution in [0.2, 0.25) is 5.28 Å². The van der Waals surface area contributed by atoms with E-state index in [-0.39, 0.29) is 5.28 Å². The average molecular weight is 1710 g/mol. The van der Waals surface area contributed by atoms with Crippen molar-refractivity contribution in [1.82, 2.24) is 39.9 Å². The first-order valence-corrected chi connectivity index (χ1v) is 44.6. The number of hydrogen-bond acceptors (Lipinski definition) is 12. The molecule has 0 atom stereocenters. The highest BCUT2D eigenvalue weighted by Crippen LogP contribution is 2.45. The molecule has 1 aliphatic heterocycles. The lowest BCUT2D eigenvalue weighted by atomic mass is 9.76. The van der Waals surface area contributed by atoms with E-state index in [2.05, 4.69) is 346 Å². The fourth-order valence-electron chi connectivity index (χ4n) is 16.0. The zero-order valence-electron chi connectivity index (χ0n) is 70.7. The minimum atomic E-state index is -0.501. The lowest BCUT2D eigenvalue weighted by Gasteiger charge is -2.32. The summed E-state index contributed by atoms with van der Waals surface area (Å²) in [5, 5.41) is 2.11. The van der Waals surface area contributed by atoms with Crippen LogP contribution in [0, 0.1) is 0 Å². The molecule has 14 heteroatoms. The summed E-state index contributed by atoms with van der Waals surface area (Å²) < 4.78 is 15.5. The van der Waals surface area contributed by atoms with Gasteiger partial charge in [-0.3, -0.25) is 0 Å². The standard InChI is InChI=1S/C54H36N4S.C45H38BNO2S.C15H10ClN3/c1-6-19-37(20-7-1)49(38-21-8-2-9-22-38)50(39-23-10-3-11-24-39)43-30-18-29-42(33-43)44-34-45(36-46(35-44)54-55-47-31-16-17-32-48(47)59-54)53-57-51(40-25-12-4-13-26-40)56-52(58-53)41-27-14-5-15-28-41;1-44(2)45(3,4)49-46(48-44)38-29-36(28-37(30-38)43-47-39-25-14-15-26-40(39)50-43)34-23-16-24-35(27-34)42(33-21-12-7-13-22-33)41(31-17-8-5-9-18-31)32-19-10-6-11-20-32;16-15-18-13(11-7-3-1-4-8-11)17-14(19-15)12-9-5-2-6-10-12/h1-36H;5-30H,1-4H3;1-10H. The van der Waals surface area contributed by atoms with Gasteiger partial charge < -0.3 is 9.31 Å². The van der Waals surface area contributed by atoms with Crippen molar-refractivity contribution in [2.24, 2.45) is 0 Å². The minimum absolute atomic E-state index is 0.202. The molecule has 0 amide bonds. The number of rotatable bonds is 18. The van der Waals surface area contributed by atoms with Gasteiger partial charge >= 0.3 is 7.12 Å². The molecule has 1 saturated heterocycles. The third-order valence-electron chi connectivity index (χ3n) is 23.0. The second-order valence-electron chi connectivity index (χ2n) is 32.1. The number of para-hydroxylation sites is 2. The fraction of sp³-hybridized carbons (Fsp3) is 0.0526. The molecule has 128 heavy (non-hydrogen) atoms. The molecule has 0 N–H and O–H groups in total. The van der Waals surface area contributed by atoms with Crippen LogP contribution in [0.1, 0.15) is 72.2 Å². The molecule has 0 aliphatic carbocycles. The minimum Gasteiger partial charge on any atom is -0.399 e. The largest absolute Gasteiger partial charge is 0.494 e. The van der Waals surface area contributed by atoms with Crippen LogP contribution < -0.4 is 5.46 Å². The summed E-state index contributed by atoms with van der Waals surface area (Å²) in [6.07, 6.45) is 0. The summed E-state index contributed by atoms with van der Waals surface area (Å²) >= 11 is 9.39. The van der Waals surface area contributed by atoms with Crippen molar-refractivity contribution in [2.75, 3.05) is 0 Å². The Morgan fingerprint density at radius 2 is 0.469 bits per heavy atom. The smallest absolute Gasteiger partial charge is 0.399 e. The van der Waals surface area contributed by atoms with Crippen LogP contribution in [0.15, 0.2) is 437 Å². The van der Waals surface area contributed by atoms with Crippen molar-refractivity contribution in [3.63, 3.8) is 0 Å². The van der Waals surface area contributed by atoms with Gasteiger partial charge in [-0.1, -0.05) is 376 Å². The number of fused-ring (bicyclic) bond motifs is 2. The van der Waals surface area contributed by atoms with Crippen LogP contribution >= 0.6 is 34.3 Å². The SMILES string of the molecule is CC1(C)OB(c2cc(-c3cccc(C(=C(c4ccccc4)c4ccccc4)c4ccccc4)c3)cc(-c3nc4ccccc4s3)c2)OC1(C)C.Clc1nc(-c2ccccc2)nc(-c2ccccc2)n1.c1ccc(C(=C(c2ccccc2)c2cccc(-c3cc(-c4nc(-c5ccccc5)nc(-c5ccccc5)n4)cc(-c4nc5ccccc5s4)c3)c2)c2ccccc2)cc1. The van der Waals surface area contributed by atoms with Crippen molar-refractivity contribution in [2.45, 2.75) is 38.9 Å². The third-order valence-corrected chi connectivity index (χ3v) is 25.3. The van der Waals surface area contributed by atoms with Crippen LogP contribution in [-0.2, 0) is 9.31 Å². The van der Waals surface area contributed by atoms with E-state index in [1.165, 1.54) is 32.5 Å². The van der Waals surface area contributed by atoms with Crippen molar-refractivity contribution in [3.05, 3.63) is 487 Å². The van der Waals surface area contributed by atoms with Crippen LogP contribution in [0.25, 0.3) is 143 Å². The molecule has 0 unspecified atom stereocenters. The molecule has 21 rings (SSSR count). The third kappa shape index (κ3) is 18.5. The Morgan fingerprint density at radius 3 is 0.805 bits per heavy atom. The Bertz CT molecular complexity index is 7080. The number of halogens is 1. The molecule has 0 saturated carbocycles. The maximum Gasteiger partial charge on any atom is 0.494 e. The van der Waals surface area contributed by atoms with E-state index >= 15 is 0 Å². The first kappa shape index (κ1) is 82.7. The Morgan fingerprint density at radius 1 is 0.227 bits per heavy atom. The van der Waals surface area contributed by atoms with E-state index < -0.39 is 18.3 Å². The van der Waals surface area contributed by atoms with E-state index in [0.29, 0.717) is 29.1 Å². The first-order chi connectivity index (χ1) is 62.8. The van der Waals surface area contributed by atoms with Gasteiger partial charge in [-0.25, -0.2) is 29.9 Å². The van der Waals surface area contributed by atoms with Crippen LogP contribution in [0.5, 0.6) is 0 Å². The molecule has 20 aromatic rings. The highest BCUT2D eigenvalue weighted by molar-refractivity contribution is 7.22. The zero-order valence-corrected chi connectivity index (χ0v) is 73.1. The van der Waals surface area contributed by atoms with Crippen molar-refractivity contribution < 1.29 is 9.31 Å². The van der Waals surface area contributed by atoms with Gasteiger partial charge in [0, 0.05) is 38.9 Å². The number of benzene rings is 16. The van der Waals surface area contributed by atoms with Crippen molar-refractivity contribution >= 4 is 89.6 Å². The zero-order chi connectivity index (χ0) is 86.8. The van der Waals surface area contributed by atoms with E-state index in [4.69, 9.17) is 45.8 Å². The lowest BCUT2D eigenvalue weighted by Crippen LogP contribution is -2.41. The van der Waals surface area contributed by atoms with Crippen LogP contribution in [0.4, 0.5) is 0 Å². The van der Waals surface area contributed by atoms with Gasteiger partial charge in [0.2, 0.25) is 5.28 Å². The summed E-state index contributed by atoms with van der Waals surface area (Å²) in [5.41, 5.74) is 26.9. The van der Waals surface area contributed by atoms with Crippen LogP contribution in [0.3, 0.4) is 0 Å². The molecule has 0 radical (unpaired) electrons. The maximum atomic E-state index is 6.59. The molecular formula is C114H84BClN8O2S2. The molecule has 1 aliphatic rings. The first-order valence-electron chi connectivity index (χ1n) is 42.6. The lowest BCUT2D eigenvalue weighted by molar-refractivity contribution is 0.00578. The van der Waals surface area contributed by atoms with Gasteiger partial charge in [-0.15, -0.1) is 22.7 Å². The van der Waals surface area contributed by atoms with Gasteiger partial charge in [0.05, 0.1) is 31.6 Å². The summed E-state index contributed by atoms with van der Waals surface area (Å²) in [6.45, 7) is 8.40. The molecule has 0 spiro atoms. The molecule has 1 fully saturated rings. The molecule has 614 valence electrons. The number of hydrogen-bond donors (Lipinski definition) is 0. The fourth-order valence-corrected chi connectivity index (χ4v) is 18.0. The van der Waals surface area contributed by atoms with Gasteiger partial charge in [-0.2, -0.15) is 9.97 Å². The van der Waals surface area contributed by atoms with Gasteiger partial charge in [-0.05, 0) is 194 Å². The Kier molecular flexibility index (Phi) is 24.2. The average Bonchev–Trinajstić information content (AvgIpc) is 1.56. The molecule has 10 nitrogen and oxygen atoms in total. The van der Waals surface area contributed by atoms with E-state index in [0.717, 1.165) is 131 Å². The van der Waals surface area contributed by atoms with E-state index in [1.807, 2.05) is 133 Å². The van der Waals surface area contributed by atoms with Crippen molar-refractivity contribution in [1.29, 1.82) is 0 Å². The number of thiazole rings is 2. The topological polar surface area (TPSA) is 122 Å². The molecular weight excluding hydrogens is 1620 g/mol. The number of nitrogens with zero attached hydrogens (tertiary/aromatic N) is 8. The van der Waals surface area contributed by atoms with Gasteiger partial charge in [0.1, 0.15) is 10.0 Å². The molecule has 4 aromatic heterocycles. The molecule has 16 aromatic carbocycles. The summed E-state index contributed by atoms with van der Waals surface area (Å²) in [6, 6.07) is 152. The number of aromatic nitrogens is 8. The van der Waals surface area contributed by atoms with Gasteiger partial charge in [0.15, 0.2) is 29.1 Å². The quantitative estimate of drug-likeness (QED) is 0.0606. The predicted molar refractivity (Wildman–Crippen MR) is 531 cm³/mol. The maximum absolute atomic E-state index is 6.59.